The maximum atomic E-state index is 11.1. The maximum absolute atomic E-state index is 11.1. The summed E-state index contributed by atoms with van der Waals surface area (Å²) in [6, 6.07) is 1.53. The minimum absolute atomic E-state index is 0. The third kappa shape index (κ3) is 23.0. The van der Waals surface area contributed by atoms with Crippen LogP contribution in [0.25, 0.3) is 0 Å². The summed E-state index contributed by atoms with van der Waals surface area (Å²) in [6.45, 7) is 12.5. The molecule has 174 valence electrons. The molecule has 10 heteroatoms. The molecule has 0 saturated heterocycles. The molecular weight excluding hydrogens is 392 g/mol. The molecule has 1 heterocycles. The van der Waals surface area contributed by atoms with Crippen molar-refractivity contribution in [1.29, 1.82) is 5.41 Å². The van der Waals surface area contributed by atoms with Gasteiger partial charge in [-0.2, -0.15) is 0 Å². The zero-order chi connectivity index (χ0) is 23.8. The van der Waals surface area contributed by atoms with Crippen LogP contribution in [0.5, 0.6) is 0 Å². The molecule has 0 aliphatic carbocycles. The molecule has 0 spiro atoms. The van der Waals surface area contributed by atoms with E-state index in [1.54, 1.807) is 20.8 Å². The highest BCUT2D eigenvalue weighted by atomic mass is 16.5. The van der Waals surface area contributed by atoms with E-state index in [-0.39, 0.29) is 30.6 Å². The Hall–Kier alpha value is -3.04. The molecule has 0 aliphatic rings. The molecule has 0 amide bonds. The van der Waals surface area contributed by atoms with E-state index in [1.165, 1.54) is 19.5 Å². The summed E-state index contributed by atoms with van der Waals surface area (Å²) >= 11 is 0. The number of H-pyrrole nitrogens is 1. The van der Waals surface area contributed by atoms with Gasteiger partial charge in [0.2, 0.25) is 0 Å². The van der Waals surface area contributed by atoms with Gasteiger partial charge in [-0.25, -0.2) is 4.98 Å². The van der Waals surface area contributed by atoms with E-state index in [2.05, 4.69) is 20.4 Å². The number of ether oxygens (including phenoxy) is 1. The lowest BCUT2D eigenvalue weighted by molar-refractivity contribution is -0.145. The number of nitrogens with two attached hydrogens (primary N) is 1. The molecule has 0 radical (unpaired) electrons. The quantitative estimate of drug-likeness (QED) is 0.239. The highest BCUT2D eigenvalue weighted by Crippen LogP contribution is 2.17. The second-order valence-electron chi connectivity index (χ2n) is 7.66. The van der Waals surface area contributed by atoms with Crippen molar-refractivity contribution in [3.63, 3.8) is 0 Å². The zero-order valence-electron chi connectivity index (χ0n) is 18.5. The number of aromatic amines is 1. The van der Waals surface area contributed by atoms with Gasteiger partial charge in [-0.3, -0.25) is 24.6 Å². The van der Waals surface area contributed by atoms with Gasteiger partial charge in [0.25, 0.3) is 11.5 Å². The van der Waals surface area contributed by atoms with Crippen LogP contribution < -0.4 is 11.3 Å². The van der Waals surface area contributed by atoms with Crippen LogP contribution in [0.4, 0.5) is 0 Å². The van der Waals surface area contributed by atoms with Crippen molar-refractivity contribution in [1.82, 2.24) is 9.97 Å². The summed E-state index contributed by atoms with van der Waals surface area (Å²) in [5.41, 5.74) is 4.62. The Morgan fingerprint density at radius 2 is 1.63 bits per heavy atom. The molecule has 0 aromatic carbocycles. The molecule has 5 N–H and O–H groups in total. The molecule has 0 aliphatic heterocycles. The van der Waals surface area contributed by atoms with Crippen LogP contribution in [0.3, 0.4) is 0 Å². The van der Waals surface area contributed by atoms with Gasteiger partial charge < -0.3 is 20.6 Å². The SMILES string of the molecule is C.CC(=O)O.CC(C)(C)c1cc(=O)[nH]cn1.COC(=O)CC(=O)C(C)(C)C.N=CN. The van der Waals surface area contributed by atoms with E-state index in [1.807, 2.05) is 20.8 Å². The third-order valence-electron chi connectivity index (χ3n) is 2.82. The van der Waals surface area contributed by atoms with Gasteiger partial charge in [0, 0.05) is 23.8 Å². The van der Waals surface area contributed by atoms with Crippen LogP contribution in [0.1, 0.15) is 68.0 Å². The number of nitrogens with one attached hydrogen (secondary N) is 2. The standard InChI is InChI=1S/C8H12N2O.C8H14O3.C2H4O2.CH4N2.CH4/c1-8(2,3)6-4-7(11)10-5-9-6;1-8(2,3)6(9)5-7(10)11-4;1-2(3)4;2-1-3;/h4-5H,1-3H3,(H,9,10,11);5H2,1-4H3;1H3,(H,3,4);1H,(H3,2,3);1H4. The number of esters is 1. The molecule has 0 fully saturated rings. The maximum Gasteiger partial charge on any atom is 0.313 e. The second kappa shape index (κ2) is 16.9. The van der Waals surface area contributed by atoms with Crippen LogP contribution in [0.2, 0.25) is 0 Å². The highest BCUT2D eigenvalue weighted by Gasteiger charge is 2.23. The van der Waals surface area contributed by atoms with E-state index >= 15 is 0 Å². The molecule has 0 saturated carbocycles. The van der Waals surface area contributed by atoms with Crippen LogP contribution in [0.15, 0.2) is 17.2 Å². The summed E-state index contributed by atoms with van der Waals surface area (Å²) in [6.07, 6.45) is 2.06. The van der Waals surface area contributed by atoms with E-state index in [4.69, 9.17) is 15.3 Å². The Labute approximate surface area is 178 Å². The fourth-order valence-electron chi connectivity index (χ4n) is 1.25. The van der Waals surface area contributed by atoms with E-state index < -0.39 is 17.4 Å². The molecule has 1 aromatic heterocycles. The van der Waals surface area contributed by atoms with Crippen LogP contribution in [0, 0.1) is 10.8 Å². The minimum Gasteiger partial charge on any atom is -0.481 e. The average Bonchev–Trinajstić information content (AvgIpc) is 2.54. The van der Waals surface area contributed by atoms with E-state index in [0.29, 0.717) is 0 Å². The number of aliphatic carboxylic acids is 1. The predicted octanol–water partition coefficient (Wildman–Crippen LogP) is 2.51. The average molecular weight is 431 g/mol. The van der Waals surface area contributed by atoms with Crippen molar-refractivity contribution in [2.24, 2.45) is 11.1 Å². The first-order chi connectivity index (χ1) is 13.0. The number of carboxylic acids is 1. The zero-order valence-corrected chi connectivity index (χ0v) is 18.5. The Kier molecular flexibility index (Phi) is 19.4. The largest absolute Gasteiger partial charge is 0.481 e. The number of carboxylic acid groups (broad SMARTS) is 1. The van der Waals surface area contributed by atoms with Crippen molar-refractivity contribution in [3.05, 3.63) is 28.4 Å². The van der Waals surface area contributed by atoms with E-state index in [0.717, 1.165) is 19.0 Å². The molecule has 1 aromatic rings. The highest BCUT2D eigenvalue weighted by molar-refractivity contribution is 5.98. The number of aromatic nitrogens is 2. The van der Waals surface area contributed by atoms with Gasteiger partial charge >= 0.3 is 5.97 Å². The van der Waals surface area contributed by atoms with E-state index in [9.17, 15) is 14.4 Å². The molecule has 1 rings (SSSR count). The number of hydrogen-bond acceptors (Lipinski definition) is 7. The van der Waals surface area contributed by atoms with Gasteiger partial charge in [0.1, 0.15) is 12.2 Å². The van der Waals surface area contributed by atoms with Gasteiger partial charge in [-0.15, -0.1) is 0 Å². The lowest BCUT2D eigenvalue weighted by Crippen LogP contribution is -2.23. The first-order valence-electron chi connectivity index (χ1n) is 8.58. The fraction of sp³-hybridized carbons (Fsp3) is 0.600. The van der Waals surface area contributed by atoms with Gasteiger partial charge in [-0.05, 0) is 0 Å². The van der Waals surface area contributed by atoms with Gasteiger partial charge in [0.15, 0.2) is 0 Å². The molecule has 0 atom stereocenters. The second-order valence-corrected chi connectivity index (χ2v) is 7.66. The van der Waals surface area contributed by atoms with Gasteiger partial charge in [-0.1, -0.05) is 49.0 Å². The van der Waals surface area contributed by atoms with Gasteiger partial charge in [0.05, 0.1) is 25.5 Å². The number of carbonyl (C=O) groups excluding carboxylic acids is 2. The summed E-state index contributed by atoms with van der Waals surface area (Å²) in [5.74, 6) is -1.39. The lowest BCUT2D eigenvalue weighted by Gasteiger charge is -2.15. The molecular formula is C20H38N4O6. The summed E-state index contributed by atoms with van der Waals surface area (Å²) in [4.78, 5) is 48.1. The van der Waals surface area contributed by atoms with Crippen molar-refractivity contribution < 1.29 is 24.2 Å². The number of carbonyl (C=O) groups is 3. The lowest BCUT2D eigenvalue weighted by atomic mass is 9.89. The summed E-state index contributed by atoms with van der Waals surface area (Å²) in [5, 5.41) is 13.3. The van der Waals surface area contributed by atoms with Crippen LogP contribution in [-0.4, -0.2) is 46.2 Å². The van der Waals surface area contributed by atoms with Crippen molar-refractivity contribution in [3.8, 4) is 0 Å². The normalized spacial score (nSPS) is 9.47. The minimum atomic E-state index is -0.833. The molecule has 30 heavy (non-hydrogen) atoms. The Morgan fingerprint density at radius 1 is 1.23 bits per heavy atom. The van der Waals surface area contributed by atoms with Crippen molar-refractivity contribution in [2.75, 3.05) is 7.11 Å². The molecule has 0 unspecified atom stereocenters. The van der Waals surface area contributed by atoms with Crippen molar-refractivity contribution >= 4 is 24.1 Å². The monoisotopic (exact) mass is 430 g/mol. The number of ketones is 1. The topological polar surface area (TPSA) is 176 Å². The number of methoxy groups -OCH3 is 1. The smallest absolute Gasteiger partial charge is 0.313 e. The Bertz CT molecular complexity index is 696. The third-order valence-corrected chi connectivity index (χ3v) is 2.82. The Balaban J connectivity index is -0.000000168. The van der Waals surface area contributed by atoms with Crippen molar-refractivity contribution in [2.45, 2.75) is 67.7 Å². The summed E-state index contributed by atoms with van der Waals surface area (Å²) < 4.78 is 4.36. The first-order valence-corrected chi connectivity index (χ1v) is 8.58. The Morgan fingerprint density at radius 3 is 1.87 bits per heavy atom. The number of hydrogen-bond donors (Lipinski definition) is 4. The predicted molar refractivity (Wildman–Crippen MR) is 118 cm³/mol. The number of nitrogens with zero attached hydrogens (tertiary/aromatic N) is 1. The van der Waals surface area contributed by atoms with Crippen LogP contribution >= 0.6 is 0 Å². The fourth-order valence-corrected chi connectivity index (χ4v) is 1.25. The number of Topliss-reactive ketones (excluding diaryl/α,β-unsaturated/α-hetero) is 1. The molecule has 0 bridgehead atoms. The van der Waals surface area contributed by atoms with Crippen LogP contribution in [-0.2, 0) is 24.5 Å². The summed E-state index contributed by atoms with van der Waals surface area (Å²) in [7, 11) is 1.28. The first kappa shape index (κ1) is 34.5. The molecule has 10 nitrogen and oxygen atoms in total. The number of rotatable bonds is 2.